The van der Waals surface area contributed by atoms with Crippen LogP contribution < -0.4 is 0 Å². The molecule has 6 heteroatoms. The van der Waals surface area contributed by atoms with Crippen LogP contribution in [0.5, 0.6) is 0 Å². The Bertz CT molecular complexity index is 405. The molecule has 6 nitrogen and oxygen atoms in total. The fourth-order valence-electron chi connectivity index (χ4n) is 1.34. The van der Waals surface area contributed by atoms with Crippen LogP contribution in [-0.4, -0.2) is 16.2 Å². The van der Waals surface area contributed by atoms with Gasteiger partial charge in [-0.1, -0.05) is 5.16 Å². The number of nitro benzene ring substituents is 1. The van der Waals surface area contributed by atoms with Gasteiger partial charge in [-0.05, 0) is 12.1 Å². The third kappa shape index (κ3) is 1.66. The monoisotopic (exact) mass is 208 g/mol. The molecule has 0 amide bonds. The number of rotatable bonds is 2. The van der Waals surface area contributed by atoms with E-state index in [0.717, 1.165) is 0 Å². The molecule has 1 aromatic rings. The average Bonchev–Trinajstić information content (AvgIpc) is 2.67. The molecule has 1 aromatic carbocycles. The van der Waals surface area contributed by atoms with Gasteiger partial charge in [0.1, 0.15) is 0 Å². The Kier molecular flexibility index (Phi) is 2.12. The van der Waals surface area contributed by atoms with Crippen molar-refractivity contribution in [2.24, 2.45) is 5.16 Å². The van der Waals surface area contributed by atoms with Crippen LogP contribution in [0.15, 0.2) is 29.4 Å². The molecule has 78 valence electrons. The Morgan fingerprint density at radius 1 is 1.47 bits per heavy atom. The number of nitro groups is 1. The SMILES string of the molecule is O=[N+]([O-])c1ccc(C2(O)CC=NO2)cc1. The summed E-state index contributed by atoms with van der Waals surface area (Å²) in [6.07, 6.45) is 1.69. The van der Waals surface area contributed by atoms with Gasteiger partial charge in [-0.25, -0.2) is 0 Å². The zero-order valence-electron chi connectivity index (χ0n) is 7.66. The largest absolute Gasteiger partial charge is 0.355 e. The van der Waals surface area contributed by atoms with Crippen molar-refractivity contribution in [1.29, 1.82) is 0 Å². The van der Waals surface area contributed by atoms with Crippen molar-refractivity contribution in [3.63, 3.8) is 0 Å². The smallest absolute Gasteiger partial charge is 0.269 e. The van der Waals surface area contributed by atoms with Gasteiger partial charge in [0.25, 0.3) is 11.5 Å². The zero-order chi connectivity index (χ0) is 10.9. The van der Waals surface area contributed by atoms with E-state index in [1.807, 2.05) is 0 Å². The van der Waals surface area contributed by atoms with Crippen molar-refractivity contribution in [2.75, 3.05) is 0 Å². The molecule has 2 rings (SSSR count). The first kappa shape index (κ1) is 9.60. The number of hydrogen-bond acceptors (Lipinski definition) is 5. The number of hydrogen-bond donors (Lipinski definition) is 1. The predicted octanol–water partition coefficient (Wildman–Crippen LogP) is 1.15. The highest BCUT2D eigenvalue weighted by molar-refractivity contribution is 5.60. The molecule has 1 heterocycles. The molecule has 0 radical (unpaired) electrons. The van der Waals surface area contributed by atoms with E-state index in [1.54, 1.807) is 0 Å². The van der Waals surface area contributed by atoms with Crippen molar-refractivity contribution >= 4 is 11.9 Å². The zero-order valence-corrected chi connectivity index (χ0v) is 7.66. The molecule has 1 atom stereocenters. The highest BCUT2D eigenvalue weighted by atomic mass is 16.7. The van der Waals surface area contributed by atoms with E-state index in [-0.39, 0.29) is 12.1 Å². The molecule has 1 aliphatic rings. The van der Waals surface area contributed by atoms with E-state index >= 15 is 0 Å². The maximum Gasteiger partial charge on any atom is 0.269 e. The Hall–Kier alpha value is -1.95. The summed E-state index contributed by atoms with van der Waals surface area (Å²) in [4.78, 5) is 14.7. The fourth-order valence-corrected chi connectivity index (χ4v) is 1.34. The summed E-state index contributed by atoms with van der Waals surface area (Å²) in [5, 5.41) is 23.7. The average molecular weight is 208 g/mol. The fraction of sp³-hybridized carbons (Fsp3) is 0.222. The molecule has 0 aromatic heterocycles. The highest BCUT2D eigenvalue weighted by Crippen LogP contribution is 2.30. The van der Waals surface area contributed by atoms with Gasteiger partial charge < -0.3 is 9.94 Å². The third-order valence-corrected chi connectivity index (χ3v) is 2.18. The second-order valence-electron chi connectivity index (χ2n) is 3.17. The summed E-state index contributed by atoms with van der Waals surface area (Å²) < 4.78 is 0. The van der Waals surface area contributed by atoms with Gasteiger partial charge in [0.05, 0.1) is 17.6 Å². The van der Waals surface area contributed by atoms with Crippen LogP contribution in [0.2, 0.25) is 0 Å². The van der Waals surface area contributed by atoms with E-state index in [0.29, 0.717) is 5.56 Å². The lowest BCUT2D eigenvalue weighted by molar-refractivity contribution is -0.384. The van der Waals surface area contributed by atoms with Crippen LogP contribution >= 0.6 is 0 Å². The minimum atomic E-state index is -1.48. The lowest BCUT2D eigenvalue weighted by atomic mass is 10.0. The second kappa shape index (κ2) is 3.32. The first-order chi connectivity index (χ1) is 7.12. The Morgan fingerprint density at radius 3 is 2.60 bits per heavy atom. The van der Waals surface area contributed by atoms with Crippen LogP contribution in [0, 0.1) is 10.1 Å². The summed E-state index contributed by atoms with van der Waals surface area (Å²) >= 11 is 0. The number of aliphatic hydroxyl groups is 1. The molecule has 0 saturated heterocycles. The molecule has 1 unspecified atom stereocenters. The standard InChI is InChI=1S/C9H8N2O4/c12-9(5-6-10-15-9)7-1-3-8(4-2-7)11(13)14/h1-4,6,12H,5H2. The maximum absolute atomic E-state index is 10.4. The Morgan fingerprint density at radius 2 is 2.13 bits per heavy atom. The molecule has 1 aliphatic heterocycles. The molecular weight excluding hydrogens is 200 g/mol. The van der Waals surface area contributed by atoms with Gasteiger partial charge in [-0.15, -0.1) is 0 Å². The van der Waals surface area contributed by atoms with Gasteiger partial charge in [0, 0.05) is 17.7 Å². The topological polar surface area (TPSA) is 85.0 Å². The quantitative estimate of drug-likeness (QED) is 0.583. The van der Waals surface area contributed by atoms with Crippen LogP contribution in [0.3, 0.4) is 0 Å². The maximum atomic E-state index is 10.4. The number of non-ortho nitro benzene ring substituents is 1. The van der Waals surface area contributed by atoms with Crippen molar-refractivity contribution < 1.29 is 14.9 Å². The molecule has 0 aliphatic carbocycles. The van der Waals surface area contributed by atoms with Gasteiger partial charge in [0.15, 0.2) is 0 Å². The summed E-state index contributed by atoms with van der Waals surface area (Å²) in [5.41, 5.74) is 0.423. The molecule has 0 saturated carbocycles. The number of benzene rings is 1. The van der Waals surface area contributed by atoms with E-state index in [1.165, 1.54) is 30.5 Å². The van der Waals surface area contributed by atoms with Gasteiger partial charge in [0.2, 0.25) is 0 Å². The number of nitrogens with zero attached hydrogens (tertiary/aromatic N) is 2. The molecule has 15 heavy (non-hydrogen) atoms. The minimum absolute atomic E-state index is 0.0266. The molecular formula is C9H8N2O4. The van der Waals surface area contributed by atoms with Gasteiger partial charge >= 0.3 is 0 Å². The van der Waals surface area contributed by atoms with E-state index < -0.39 is 10.7 Å². The first-order valence-corrected chi connectivity index (χ1v) is 4.29. The van der Waals surface area contributed by atoms with Gasteiger partial charge in [-0.3, -0.25) is 10.1 Å². The number of oxime groups is 1. The van der Waals surface area contributed by atoms with E-state index in [2.05, 4.69) is 5.16 Å². The van der Waals surface area contributed by atoms with Crippen molar-refractivity contribution in [1.82, 2.24) is 0 Å². The van der Waals surface area contributed by atoms with Crippen LogP contribution in [0.4, 0.5) is 5.69 Å². The molecule has 0 spiro atoms. The lowest BCUT2D eigenvalue weighted by Gasteiger charge is -2.19. The minimum Gasteiger partial charge on any atom is -0.355 e. The molecule has 0 bridgehead atoms. The van der Waals surface area contributed by atoms with Crippen molar-refractivity contribution in [3.05, 3.63) is 39.9 Å². The first-order valence-electron chi connectivity index (χ1n) is 4.29. The molecule has 0 fully saturated rings. The third-order valence-electron chi connectivity index (χ3n) is 2.18. The van der Waals surface area contributed by atoms with Gasteiger partial charge in [-0.2, -0.15) is 0 Å². The van der Waals surface area contributed by atoms with Crippen LogP contribution in [0.25, 0.3) is 0 Å². The summed E-state index contributed by atoms with van der Waals surface area (Å²) in [6, 6.07) is 5.53. The predicted molar refractivity (Wildman–Crippen MR) is 51.2 cm³/mol. The lowest BCUT2D eigenvalue weighted by Crippen LogP contribution is -2.24. The van der Waals surface area contributed by atoms with Crippen molar-refractivity contribution in [2.45, 2.75) is 12.2 Å². The van der Waals surface area contributed by atoms with Crippen LogP contribution in [0.1, 0.15) is 12.0 Å². The Labute approximate surface area is 84.9 Å². The van der Waals surface area contributed by atoms with E-state index in [9.17, 15) is 15.2 Å². The normalized spacial score (nSPS) is 23.8. The summed E-state index contributed by atoms with van der Waals surface area (Å²) in [6.45, 7) is 0. The molecule has 1 N–H and O–H groups in total. The summed E-state index contributed by atoms with van der Waals surface area (Å²) in [5.74, 6) is -1.48. The Balaban J connectivity index is 2.27. The summed E-state index contributed by atoms with van der Waals surface area (Å²) in [7, 11) is 0. The highest BCUT2D eigenvalue weighted by Gasteiger charge is 2.34. The van der Waals surface area contributed by atoms with Crippen LogP contribution in [-0.2, 0) is 10.6 Å². The van der Waals surface area contributed by atoms with E-state index in [4.69, 9.17) is 4.84 Å². The second-order valence-corrected chi connectivity index (χ2v) is 3.17. The van der Waals surface area contributed by atoms with Crippen molar-refractivity contribution in [3.8, 4) is 0 Å².